The van der Waals surface area contributed by atoms with Crippen LogP contribution in [0.4, 0.5) is 17.6 Å². The first-order valence-electron chi connectivity index (χ1n) is 7.50. The van der Waals surface area contributed by atoms with E-state index in [1.54, 1.807) is 18.2 Å². The van der Waals surface area contributed by atoms with Crippen molar-refractivity contribution in [2.75, 3.05) is 50.6 Å². The molecular weight excluding hydrogens is 351 g/mol. The maximum atomic E-state index is 6.03. The van der Waals surface area contributed by atoms with E-state index >= 15 is 0 Å². The molecule has 1 saturated heterocycles. The number of likely N-dealkylation sites (N-methyl/N-ethyl adjacent to an activating group) is 1. The summed E-state index contributed by atoms with van der Waals surface area (Å²) < 4.78 is 5.20. The number of methoxy groups -OCH3 is 1. The van der Waals surface area contributed by atoms with E-state index in [4.69, 9.17) is 27.9 Å². The molecule has 9 heteroatoms. The van der Waals surface area contributed by atoms with E-state index in [0.29, 0.717) is 27.6 Å². The largest absolute Gasteiger partial charge is 0.467 e. The van der Waals surface area contributed by atoms with Crippen molar-refractivity contribution in [3.05, 3.63) is 28.2 Å². The zero-order chi connectivity index (χ0) is 17.1. The van der Waals surface area contributed by atoms with Gasteiger partial charge in [-0.25, -0.2) is 0 Å². The maximum absolute atomic E-state index is 6.03. The molecule has 3 rings (SSSR count). The minimum Gasteiger partial charge on any atom is -0.467 e. The second-order valence-corrected chi connectivity index (χ2v) is 6.39. The van der Waals surface area contributed by atoms with Gasteiger partial charge in [0.05, 0.1) is 7.11 Å². The molecule has 0 amide bonds. The third-order valence-electron chi connectivity index (χ3n) is 3.69. The average molecular weight is 369 g/mol. The van der Waals surface area contributed by atoms with Crippen molar-refractivity contribution in [1.29, 1.82) is 0 Å². The molecule has 0 atom stereocenters. The summed E-state index contributed by atoms with van der Waals surface area (Å²) in [6.45, 7) is 3.62. The molecule has 7 nitrogen and oxygen atoms in total. The summed E-state index contributed by atoms with van der Waals surface area (Å²) >= 11 is 12.1. The molecule has 1 aliphatic heterocycles. The molecule has 1 fully saturated rings. The first-order valence-corrected chi connectivity index (χ1v) is 8.26. The van der Waals surface area contributed by atoms with Crippen LogP contribution in [0.25, 0.3) is 0 Å². The number of nitrogens with one attached hydrogen (secondary N) is 1. The zero-order valence-electron chi connectivity index (χ0n) is 13.5. The standard InChI is InChI=1S/C15H18Cl2N6O/c1-22-3-5-23(6-4-22)14-19-13(20-15(21-14)24-2)18-12-8-10(16)7-11(17)9-12/h7-9H,3-6H2,1-2H3,(H,18,19,20,21). The Kier molecular flexibility index (Phi) is 5.23. The van der Waals surface area contributed by atoms with E-state index in [0.717, 1.165) is 26.2 Å². The highest BCUT2D eigenvalue weighted by Crippen LogP contribution is 2.25. The number of piperazine rings is 1. The molecule has 1 aromatic carbocycles. The summed E-state index contributed by atoms with van der Waals surface area (Å²) in [4.78, 5) is 17.5. The summed E-state index contributed by atoms with van der Waals surface area (Å²) in [5.74, 6) is 0.972. The fourth-order valence-electron chi connectivity index (χ4n) is 2.40. The Labute approximate surface area is 150 Å². The Balaban J connectivity index is 1.86. The fourth-order valence-corrected chi connectivity index (χ4v) is 2.92. The molecule has 0 saturated carbocycles. The van der Waals surface area contributed by atoms with E-state index in [1.165, 1.54) is 7.11 Å². The van der Waals surface area contributed by atoms with Crippen LogP contribution in [0.15, 0.2) is 18.2 Å². The van der Waals surface area contributed by atoms with Gasteiger partial charge in [0.15, 0.2) is 0 Å². The average Bonchev–Trinajstić information content (AvgIpc) is 2.54. The minimum absolute atomic E-state index is 0.259. The molecule has 0 unspecified atom stereocenters. The molecule has 128 valence electrons. The van der Waals surface area contributed by atoms with Gasteiger partial charge < -0.3 is 19.9 Å². The summed E-state index contributed by atoms with van der Waals surface area (Å²) in [6.07, 6.45) is 0. The number of benzene rings is 1. The summed E-state index contributed by atoms with van der Waals surface area (Å²) in [5.41, 5.74) is 0.699. The van der Waals surface area contributed by atoms with E-state index < -0.39 is 0 Å². The highest BCUT2D eigenvalue weighted by Gasteiger charge is 2.19. The highest BCUT2D eigenvalue weighted by molar-refractivity contribution is 6.35. The van der Waals surface area contributed by atoms with Crippen LogP contribution in [0, 0.1) is 0 Å². The Hall–Kier alpha value is -1.83. The predicted octanol–water partition coefficient (Wildman–Crippen LogP) is 2.68. The van der Waals surface area contributed by atoms with E-state index in [-0.39, 0.29) is 6.01 Å². The molecule has 0 bridgehead atoms. The van der Waals surface area contributed by atoms with Gasteiger partial charge in [0.2, 0.25) is 11.9 Å². The van der Waals surface area contributed by atoms with Crippen molar-refractivity contribution in [3.63, 3.8) is 0 Å². The van der Waals surface area contributed by atoms with Crippen LogP contribution < -0.4 is 15.0 Å². The van der Waals surface area contributed by atoms with Crippen molar-refractivity contribution in [3.8, 4) is 6.01 Å². The molecule has 2 heterocycles. The van der Waals surface area contributed by atoms with Gasteiger partial charge in [-0.05, 0) is 25.2 Å². The monoisotopic (exact) mass is 368 g/mol. The van der Waals surface area contributed by atoms with Crippen molar-refractivity contribution >= 4 is 40.8 Å². The Morgan fingerprint density at radius 3 is 2.29 bits per heavy atom. The number of ether oxygens (including phenoxy) is 1. The van der Waals surface area contributed by atoms with Gasteiger partial charge in [-0.15, -0.1) is 0 Å². The lowest BCUT2D eigenvalue weighted by Gasteiger charge is -2.32. The van der Waals surface area contributed by atoms with Crippen LogP contribution in [0.3, 0.4) is 0 Å². The smallest absolute Gasteiger partial charge is 0.322 e. The van der Waals surface area contributed by atoms with E-state index in [9.17, 15) is 0 Å². The molecule has 1 aromatic heterocycles. The number of hydrogen-bond donors (Lipinski definition) is 1. The van der Waals surface area contributed by atoms with Crippen LogP contribution in [0.5, 0.6) is 6.01 Å². The van der Waals surface area contributed by atoms with Gasteiger partial charge in [0, 0.05) is 41.9 Å². The molecule has 0 radical (unpaired) electrons. The predicted molar refractivity (Wildman–Crippen MR) is 95.8 cm³/mol. The quantitative estimate of drug-likeness (QED) is 0.889. The van der Waals surface area contributed by atoms with Crippen LogP contribution in [0.2, 0.25) is 10.0 Å². The van der Waals surface area contributed by atoms with Crippen LogP contribution >= 0.6 is 23.2 Å². The van der Waals surface area contributed by atoms with Gasteiger partial charge in [0.1, 0.15) is 0 Å². The molecule has 2 aromatic rings. The number of hydrogen-bond acceptors (Lipinski definition) is 7. The minimum atomic E-state index is 0.259. The van der Waals surface area contributed by atoms with Gasteiger partial charge >= 0.3 is 6.01 Å². The lowest BCUT2D eigenvalue weighted by molar-refractivity contribution is 0.310. The summed E-state index contributed by atoms with van der Waals surface area (Å²) in [7, 11) is 3.63. The zero-order valence-corrected chi connectivity index (χ0v) is 15.0. The first kappa shape index (κ1) is 17.0. The third kappa shape index (κ3) is 4.17. The van der Waals surface area contributed by atoms with Crippen LogP contribution in [-0.2, 0) is 0 Å². The van der Waals surface area contributed by atoms with E-state index in [2.05, 4.69) is 37.1 Å². The fraction of sp³-hybridized carbons (Fsp3) is 0.400. The van der Waals surface area contributed by atoms with Crippen LogP contribution in [0.1, 0.15) is 0 Å². The molecule has 24 heavy (non-hydrogen) atoms. The van der Waals surface area contributed by atoms with Gasteiger partial charge in [-0.1, -0.05) is 23.2 Å². The number of halogens is 2. The topological polar surface area (TPSA) is 66.4 Å². The molecular formula is C15H18Cl2N6O. The maximum Gasteiger partial charge on any atom is 0.322 e. The lowest BCUT2D eigenvalue weighted by Crippen LogP contribution is -2.45. The SMILES string of the molecule is COc1nc(Nc2cc(Cl)cc(Cl)c2)nc(N2CCN(C)CC2)n1. The normalized spacial score (nSPS) is 15.4. The first-order chi connectivity index (χ1) is 11.5. The van der Waals surface area contributed by atoms with Crippen molar-refractivity contribution < 1.29 is 4.74 Å². The third-order valence-corrected chi connectivity index (χ3v) is 4.13. The van der Waals surface area contributed by atoms with Crippen molar-refractivity contribution in [2.24, 2.45) is 0 Å². The highest BCUT2D eigenvalue weighted by atomic mass is 35.5. The molecule has 0 spiro atoms. The molecule has 0 aliphatic carbocycles. The molecule has 1 aliphatic rings. The number of rotatable bonds is 4. The second-order valence-electron chi connectivity index (χ2n) is 5.52. The van der Waals surface area contributed by atoms with Crippen molar-refractivity contribution in [2.45, 2.75) is 0 Å². The Morgan fingerprint density at radius 2 is 1.67 bits per heavy atom. The van der Waals surface area contributed by atoms with Crippen LogP contribution in [-0.4, -0.2) is 60.2 Å². The summed E-state index contributed by atoms with van der Waals surface area (Å²) in [5, 5.41) is 4.17. The Morgan fingerprint density at radius 1 is 1.00 bits per heavy atom. The lowest BCUT2D eigenvalue weighted by atomic mass is 10.3. The van der Waals surface area contributed by atoms with E-state index in [1.807, 2.05) is 0 Å². The second kappa shape index (κ2) is 7.38. The van der Waals surface area contributed by atoms with Crippen molar-refractivity contribution in [1.82, 2.24) is 19.9 Å². The van der Waals surface area contributed by atoms with Gasteiger partial charge in [-0.3, -0.25) is 0 Å². The van der Waals surface area contributed by atoms with Gasteiger partial charge in [-0.2, -0.15) is 15.0 Å². The number of aromatic nitrogens is 3. The molecule has 1 N–H and O–H groups in total. The Bertz CT molecular complexity index is 701. The number of nitrogens with zero attached hydrogens (tertiary/aromatic N) is 5. The van der Waals surface area contributed by atoms with Gasteiger partial charge in [0.25, 0.3) is 0 Å². The summed E-state index contributed by atoms with van der Waals surface area (Å²) in [6, 6.07) is 5.42. The number of anilines is 3.